The molecule has 0 bridgehead atoms. The minimum absolute atomic E-state index is 0.0290. The number of hydrogen-bond acceptors (Lipinski definition) is 7. The van der Waals surface area contributed by atoms with Crippen molar-refractivity contribution in [3.8, 4) is 11.1 Å². The highest BCUT2D eigenvalue weighted by Crippen LogP contribution is 2.39. The van der Waals surface area contributed by atoms with E-state index in [1.807, 2.05) is 61.5 Å². The first-order chi connectivity index (χ1) is 23.4. The van der Waals surface area contributed by atoms with Gasteiger partial charge in [0.2, 0.25) is 5.91 Å². The van der Waals surface area contributed by atoms with Gasteiger partial charge in [0.05, 0.1) is 31.9 Å². The summed E-state index contributed by atoms with van der Waals surface area (Å²) in [6.07, 6.45) is 3.22. The van der Waals surface area contributed by atoms with E-state index in [2.05, 4.69) is 34.5 Å². The third kappa shape index (κ3) is 10.1. The monoisotopic (exact) mass is 657 g/mol. The van der Waals surface area contributed by atoms with Crippen molar-refractivity contribution >= 4 is 17.7 Å². The Morgan fingerprint density at radius 1 is 0.854 bits per heavy atom. The molecule has 1 saturated carbocycles. The summed E-state index contributed by atoms with van der Waals surface area (Å²) in [5, 5.41) is 2.99. The third-order valence-corrected chi connectivity index (χ3v) is 9.67. The molecule has 2 fully saturated rings. The SMILES string of the molecule is CCN(CC(OC)OC)C(=O)CCOCCc1ccc(CCN2C[C@H]3C[C@@H](OC(=O)Nc4ccccc4-c4ccccc4)C[C@H]3C2)cc1. The van der Waals surface area contributed by atoms with Crippen LogP contribution in [0.25, 0.3) is 11.1 Å². The molecular weight excluding hydrogens is 606 g/mol. The molecule has 9 heteroatoms. The van der Waals surface area contributed by atoms with Gasteiger partial charge in [-0.15, -0.1) is 0 Å². The largest absolute Gasteiger partial charge is 0.446 e. The van der Waals surface area contributed by atoms with Crippen molar-refractivity contribution in [2.24, 2.45) is 11.8 Å². The molecule has 1 aliphatic carbocycles. The van der Waals surface area contributed by atoms with Gasteiger partial charge in [0, 0.05) is 46.0 Å². The average Bonchev–Trinajstić information content (AvgIpc) is 3.67. The van der Waals surface area contributed by atoms with Crippen LogP contribution in [0.5, 0.6) is 0 Å². The zero-order chi connectivity index (χ0) is 33.7. The average molecular weight is 658 g/mol. The fourth-order valence-corrected chi connectivity index (χ4v) is 6.97. The Bertz CT molecular complexity index is 1420. The number of methoxy groups -OCH3 is 2. The summed E-state index contributed by atoms with van der Waals surface area (Å²) in [6, 6.07) is 26.7. The van der Waals surface area contributed by atoms with Crippen LogP contribution < -0.4 is 5.32 Å². The molecule has 0 unspecified atom stereocenters. The second kappa shape index (κ2) is 18.1. The first-order valence-corrected chi connectivity index (χ1v) is 17.3. The van der Waals surface area contributed by atoms with Gasteiger partial charge in [-0.25, -0.2) is 4.79 Å². The lowest BCUT2D eigenvalue weighted by Gasteiger charge is -2.25. The van der Waals surface area contributed by atoms with Crippen LogP contribution in [0.2, 0.25) is 0 Å². The predicted octanol–water partition coefficient (Wildman–Crippen LogP) is 6.27. The number of carbonyl (C=O) groups is 2. The number of nitrogens with one attached hydrogen (secondary N) is 1. The van der Waals surface area contributed by atoms with Crippen LogP contribution in [0.1, 0.15) is 37.3 Å². The highest BCUT2D eigenvalue weighted by Gasteiger charge is 2.42. The minimum Gasteiger partial charge on any atom is -0.446 e. The van der Waals surface area contributed by atoms with Crippen molar-refractivity contribution in [3.05, 3.63) is 90.0 Å². The maximum absolute atomic E-state index is 12.8. The number of anilines is 1. The van der Waals surface area contributed by atoms with Gasteiger partial charge in [-0.2, -0.15) is 0 Å². The number of hydrogen-bond donors (Lipinski definition) is 1. The van der Waals surface area contributed by atoms with Gasteiger partial charge >= 0.3 is 6.09 Å². The fraction of sp³-hybridized carbons (Fsp3) is 0.487. The number of benzene rings is 3. The van der Waals surface area contributed by atoms with Gasteiger partial charge in [0.25, 0.3) is 0 Å². The van der Waals surface area contributed by atoms with Crippen molar-refractivity contribution in [1.82, 2.24) is 9.80 Å². The van der Waals surface area contributed by atoms with Gasteiger partial charge in [-0.05, 0) is 67.2 Å². The Morgan fingerprint density at radius 3 is 2.17 bits per heavy atom. The van der Waals surface area contributed by atoms with Crippen LogP contribution in [-0.2, 0) is 36.6 Å². The molecule has 1 N–H and O–H groups in total. The minimum atomic E-state index is -0.419. The van der Waals surface area contributed by atoms with Crippen LogP contribution in [0.4, 0.5) is 10.5 Å². The molecular formula is C39H51N3O6. The van der Waals surface area contributed by atoms with Crippen molar-refractivity contribution in [1.29, 1.82) is 0 Å². The third-order valence-electron chi connectivity index (χ3n) is 9.67. The van der Waals surface area contributed by atoms with Gasteiger partial charge in [0.1, 0.15) is 6.10 Å². The lowest BCUT2D eigenvalue weighted by molar-refractivity contribution is -0.145. The lowest BCUT2D eigenvalue weighted by Crippen LogP contribution is -2.39. The molecule has 9 nitrogen and oxygen atoms in total. The van der Waals surface area contributed by atoms with Crippen LogP contribution in [0.15, 0.2) is 78.9 Å². The van der Waals surface area contributed by atoms with Crippen LogP contribution in [-0.4, -0.2) is 94.4 Å². The lowest BCUT2D eigenvalue weighted by atomic mass is 10.0. The molecule has 1 heterocycles. The molecule has 2 aliphatic rings. The van der Waals surface area contributed by atoms with Gasteiger partial charge in [-0.3, -0.25) is 10.1 Å². The first-order valence-electron chi connectivity index (χ1n) is 17.3. The summed E-state index contributed by atoms with van der Waals surface area (Å²) in [7, 11) is 3.15. The van der Waals surface area contributed by atoms with E-state index in [-0.39, 0.29) is 18.1 Å². The quantitative estimate of drug-likeness (QED) is 0.135. The van der Waals surface area contributed by atoms with Gasteiger partial charge in [-0.1, -0.05) is 72.8 Å². The summed E-state index contributed by atoms with van der Waals surface area (Å²) in [5.41, 5.74) is 5.38. The maximum Gasteiger partial charge on any atom is 0.411 e. The fourth-order valence-electron chi connectivity index (χ4n) is 6.97. The maximum atomic E-state index is 12.8. The normalized spacial score (nSPS) is 19.0. The molecule has 0 aromatic heterocycles. The highest BCUT2D eigenvalue weighted by molar-refractivity contribution is 5.91. The van der Waals surface area contributed by atoms with Crippen molar-refractivity contribution < 1.29 is 28.5 Å². The molecule has 48 heavy (non-hydrogen) atoms. The van der Waals surface area contributed by atoms with E-state index in [1.165, 1.54) is 11.1 Å². The smallest absolute Gasteiger partial charge is 0.411 e. The molecule has 258 valence electrons. The van der Waals surface area contributed by atoms with E-state index in [4.69, 9.17) is 18.9 Å². The molecule has 1 aliphatic heterocycles. The molecule has 1 saturated heterocycles. The predicted molar refractivity (Wildman–Crippen MR) is 188 cm³/mol. The molecule has 2 amide bonds. The van der Waals surface area contributed by atoms with Gasteiger partial charge in [0.15, 0.2) is 6.29 Å². The van der Waals surface area contributed by atoms with Crippen LogP contribution in [0.3, 0.4) is 0 Å². The van der Waals surface area contributed by atoms with Crippen molar-refractivity contribution in [2.75, 3.05) is 65.5 Å². The van der Waals surface area contributed by atoms with Crippen LogP contribution >= 0.6 is 0 Å². The molecule has 5 rings (SSSR count). The van der Waals surface area contributed by atoms with E-state index in [1.54, 1.807) is 19.1 Å². The number of likely N-dealkylation sites (N-methyl/N-ethyl adjacent to an activating group) is 1. The number of para-hydroxylation sites is 1. The van der Waals surface area contributed by atoms with Crippen molar-refractivity contribution in [2.45, 2.75) is 51.4 Å². The molecule has 3 aromatic carbocycles. The molecule has 0 spiro atoms. The van der Waals surface area contributed by atoms with E-state index >= 15 is 0 Å². The topological polar surface area (TPSA) is 89.6 Å². The van der Waals surface area contributed by atoms with Crippen molar-refractivity contribution in [3.63, 3.8) is 0 Å². The van der Waals surface area contributed by atoms with E-state index in [0.717, 1.165) is 62.1 Å². The Hall–Kier alpha value is -3.76. The number of likely N-dealkylation sites (tertiary alicyclic amines) is 1. The Morgan fingerprint density at radius 2 is 1.50 bits per heavy atom. The standard InChI is InChI=1S/C39H51N3O6/c1-4-42(28-38(45-2)46-3)37(43)20-23-47-22-19-30-16-14-29(15-17-30)18-21-41-26-32-24-34(25-33(32)27-41)48-39(44)40-36-13-9-8-12-35(36)31-10-6-5-7-11-31/h5-17,32-34,38H,4,18-28H2,1-3H3,(H,40,44)/t32-,33+,34-. The number of amides is 2. The van der Waals surface area contributed by atoms with Crippen LogP contribution in [0, 0.1) is 11.8 Å². The zero-order valence-electron chi connectivity index (χ0n) is 28.6. The van der Waals surface area contributed by atoms with E-state index in [0.29, 0.717) is 44.6 Å². The summed E-state index contributed by atoms with van der Waals surface area (Å²) in [5.74, 6) is 1.20. The summed E-state index contributed by atoms with van der Waals surface area (Å²) in [4.78, 5) is 29.6. The number of fused-ring (bicyclic) bond motifs is 1. The highest BCUT2D eigenvalue weighted by atomic mass is 16.7. The number of ether oxygens (including phenoxy) is 4. The Kier molecular flexibility index (Phi) is 13.4. The molecule has 0 radical (unpaired) electrons. The van der Waals surface area contributed by atoms with E-state index in [9.17, 15) is 9.59 Å². The molecule has 3 atom stereocenters. The summed E-state index contributed by atoms with van der Waals surface area (Å²) in [6.45, 7) is 7.12. The number of rotatable bonds is 17. The second-order valence-electron chi connectivity index (χ2n) is 12.8. The summed E-state index contributed by atoms with van der Waals surface area (Å²) >= 11 is 0. The second-order valence-corrected chi connectivity index (χ2v) is 12.8. The summed E-state index contributed by atoms with van der Waals surface area (Å²) < 4.78 is 22.1. The number of carbonyl (C=O) groups excluding carboxylic acids is 2. The first kappa shape index (κ1) is 35.5. The Labute approximate surface area is 285 Å². The van der Waals surface area contributed by atoms with Gasteiger partial charge < -0.3 is 28.7 Å². The number of nitrogens with zero attached hydrogens (tertiary/aromatic N) is 2. The zero-order valence-corrected chi connectivity index (χ0v) is 28.6. The molecule has 3 aromatic rings. The Balaban J connectivity index is 0.959. The van der Waals surface area contributed by atoms with E-state index < -0.39 is 6.29 Å².